The van der Waals surface area contributed by atoms with E-state index in [1.54, 1.807) is 7.05 Å². The number of aliphatic imine (C=N–C) groups is 1. The lowest BCUT2D eigenvalue weighted by atomic mass is 9.92. The van der Waals surface area contributed by atoms with E-state index in [0.29, 0.717) is 25.0 Å². The SMILES string of the molecule is CCC(CC)C(CNC(=NC)NCCNC(=O)C(C)(C)C)N1CCOCC1.I. The number of halogens is 1. The van der Waals surface area contributed by atoms with Crippen molar-refractivity contribution in [2.45, 2.75) is 53.5 Å². The molecule has 1 fully saturated rings. The summed E-state index contributed by atoms with van der Waals surface area (Å²) in [4.78, 5) is 18.8. The molecule has 0 radical (unpaired) electrons. The van der Waals surface area contributed by atoms with Crippen molar-refractivity contribution >= 4 is 35.8 Å². The normalized spacial score (nSPS) is 17.0. The molecule has 1 atom stereocenters. The molecular weight excluding hydrogens is 469 g/mol. The van der Waals surface area contributed by atoms with Crippen LogP contribution < -0.4 is 16.0 Å². The molecule has 0 bridgehead atoms. The molecule has 166 valence electrons. The molecule has 28 heavy (non-hydrogen) atoms. The Balaban J connectivity index is 0.00000729. The quantitative estimate of drug-likeness (QED) is 0.191. The molecule has 1 heterocycles. The van der Waals surface area contributed by atoms with Gasteiger partial charge in [0.15, 0.2) is 5.96 Å². The number of hydrogen-bond donors (Lipinski definition) is 3. The van der Waals surface area contributed by atoms with Crippen molar-refractivity contribution in [1.82, 2.24) is 20.9 Å². The minimum Gasteiger partial charge on any atom is -0.379 e. The number of carbonyl (C=O) groups is 1. The number of hydrogen-bond acceptors (Lipinski definition) is 4. The van der Waals surface area contributed by atoms with E-state index < -0.39 is 0 Å². The Labute approximate surface area is 188 Å². The Morgan fingerprint density at radius 1 is 1.07 bits per heavy atom. The first-order chi connectivity index (χ1) is 12.8. The molecule has 0 spiro atoms. The first-order valence-corrected chi connectivity index (χ1v) is 10.4. The topological polar surface area (TPSA) is 78.0 Å². The van der Waals surface area contributed by atoms with E-state index >= 15 is 0 Å². The Bertz CT molecular complexity index is 458. The van der Waals surface area contributed by atoms with Gasteiger partial charge in [-0.05, 0) is 5.92 Å². The smallest absolute Gasteiger partial charge is 0.225 e. The van der Waals surface area contributed by atoms with E-state index in [2.05, 4.69) is 39.7 Å². The maximum Gasteiger partial charge on any atom is 0.225 e. The van der Waals surface area contributed by atoms with Crippen molar-refractivity contribution < 1.29 is 9.53 Å². The van der Waals surface area contributed by atoms with Gasteiger partial charge in [0.1, 0.15) is 0 Å². The number of guanidine groups is 1. The molecule has 0 aromatic rings. The molecule has 1 saturated heterocycles. The number of ether oxygens (including phenoxy) is 1. The van der Waals surface area contributed by atoms with Gasteiger partial charge in [0.2, 0.25) is 5.91 Å². The zero-order valence-corrected chi connectivity index (χ0v) is 21.0. The summed E-state index contributed by atoms with van der Waals surface area (Å²) in [6.45, 7) is 16.0. The number of nitrogens with zero attached hydrogens (tertiary/aromatic N) is 2. The largest absolute Gasteiger partial charge is 0.379 e. The fourth-order valence-corrected chi connectivity index (χ4v) is 3.38. The van der Waals surface area contributed by atoms with Gasteiger partial charge in [0, 0.05) is 51.2 Å². The third-order valence-corrected chi connectivity index (χ3v) is 5.19. The fourth-order valence-electron chi connectivity index (χ4n) is 3.38. The molecule has 1 unspecified atom stereocenters. The summed E-state index contributed by atoms with van der Waals surface area (Å²) in [7, 11) is 1.78. The minimum atomic E-state index is -0.360. The van der Waals surface area contributed by atoms with E-state index in [4.69, 9.17) is 4.74 Å². The molecule has 1 aliphatic rings. The average Bonchev–Trinajstić information content (AvgIpc) is 2.66. The lowest BCUT2D eigenvalue weighted by Gasteiger charge is -2.39. The average molecular weight is 511 g/mol. The molecule has 3 N–H and O–H groups in total. The van der Waals surface area contributed by atoms with Gasteiger partial charge in [0.05, 0.1) is 13.2 Å². The summed E-state index contributed by atoms with van der Waals surface area (Å²) in [5.41, 5.74) is -0.360. The third kappa shape index (κ3) is 9.73. The first-order valence-electron chi connectivity index (χ1n) is 10.4. The van der Waals surface area contributed by atoms with Crippen molar-refractivity contribution in [3.8, 4) is 0 Å². The van der Waals surface area contributed by atoms with Gasteiger partial charge in [-0.3, -0.25) is 14.7 Å². The molecule has 1 amide bonds. The summed E-state index contributed by atoms with van der Waals surface area (Å²) < 4.78 is 5.52. The van der Waals surface area contributed by atoms with Gasteiger partial charge >= 0.3 is 0 Å². The highest BCUT2D eigenvalue weighted by atomic mass is 127. The highest BCUT2D eigenvalue weighted by molar-refractivity contribution is 14.0. The van der Waals surface area contributed by atoms with Crippen molar-refractivity contribution in [3.05, 3.63) is 0 Å². The summed E-state index contributed by atoms with van der Waals surface area (Å²) in [5.74, 6) is 1.50. The van der Waals surface area contributed by atoms with Crippen molar-refractivity contribution in [2.24, 2.45) is 16.3 Å². The Hall–Kier alpha value is -0.610. The first kappa shape index (κ1) is 27.4. The predicted octanol–water partition coefficient (Wildman–Crippen LogP) is 2.07. The van der Waals surface area contributed by atoms with Crippen molar-refractivity contribution in [1.29, 1.82) is 0 Å². The Morgan fingerprint density at radius 2 is 1.64 bits per heavy atom. The predicted molar refractivity (Wildman–Crippen MR) is 127 cm³/mol. The van der Waals surface area contributed by atoms with Gasteiger partial charge in [-0.15, -0.1) is 24.0 Å². The maximum atomic E-state index is 11.9. The third-order valence-electron chi connectivity index (χ3n) is 5.19. The van der Waals surface area contributed by atoms with Crippen molar-refractivity contribution in [2.75, 3.05) is 53.0 Å². The van der Waals surface area contributed by atoms with Crippen LogP contribution in [0.15, 0.2) is 4.99 Å². The van der Waals surface area contributed by atoms with Crippen LogP contribution in [0.4, 0.5) is 0 Å². The number of amides is 1. The molecule has 7 nitrogen and oxygen atoms in total. The van der Waals surface area contributed by atoms with Crippen LogP contribution in [-0.2, 0) is 9.53 Å². The molecule has 0 saturated carbocycles. The van der Waals surface area contributed by atoms with Crippen LogP contribution >= 0.6 is 24.0 Å². The second-order valence-electron chi connectivity index (χ2n) is 8.18. The van der Waals surface area contributed by atoms with E-state index in [9.17, 15) is 4.79 Å². The molecule has 0 aromatic carbocycles. The lowest BCUT2D eigenvalue weighted by Crippen LogP contribution is -2.53. The van der Waals surface area contributed by atoms with E-state index in [1.165, 1.54) is 12.8 Å². The van der Waals surface area contributed by atoms with Crippen LogP contribution in [0.2, 0.25) is 0 Å². The van der Waals surface area contributed by atoms with Gasteiger partial charge in [-0.25, -0.2) is 0 Å². The van der Waals surface area contributed by atoms with E-state index in [-0.39, 0.29) is 35.3 Å². The highest BCUT2D eigenvalue weighted by Gasteiger charge is 2.27. The maximum absolute atomic E-state index is 11.9. The molecule has 1 aliphatic heterocycles. The summed E-state index contributed by atoms with van der Waals surface area (Å²) in [6.07, 6.45) is 2.34. The highest BCUT2D eigenvalue weighted by Crippen LogP contribution is 2.19. The van der Waals surface area contributed by atoms with Crippen LogP contribution in [0.3, 0.4) is 0 Å². The zero-order valence-electron chi connectivity index (χ0n) is 18.6. The molecule has 0 aliphatic carbocycles. The van der Waals surface area contributed by atoms with Crippen LogP contribution in [0.25, 0.3) is 0 Å². The Kier molecular flexibility index (Phi) is 14.1. The van der Waals surface area contributed by atoms with Gasteiger partial charge in [-0.1, -0.05) is 47.5 Å². The van der Waals surface area contributed by atoms with E-state index in [1.807, 2.05) is 20.8 Å². The van der Waals surface area contributed by atoms with Gasteiger partial charge in [0.25, 0.3) is 0 Å². The molecule has 1 rings (SSSR count). The number of carbonyl (C=O) groups excluding carboxylic acids is 1. The standard InChI is InChI=1S/C20H41N5O2.HI/c1-7-16(8-2)17(25-11-13-27-14-12-25)15-24-19(21-6)23-10-9-22-18(26)20(3,4)5;/h16-17H,7-15H2,1-6H3,(H,22,26)(H2,21,23,24);1H. The van der Waals surface area contributed by atoms with E-state index in [0.717, 1.165) is 38.8 Å². The summed E-state index contributed by atoms with van der Waals surface area (Å²) >= 11 is 0. The molecule has 0 aromatic heterocycles. The number of morpholine rings is 1. The number of nitrogens with one attached hydrogen (secondary N) is 3. The molecule has 8 heteroatoms. The van der Waals surface area contributed by atoms with Gasteiger partial charge in [-0.2, -0.15) is 0 Å². The second kappa shape index (κ2) is 14.4. The number of rotatable bonds is 9. The molecular formula is C20H42IN5O2. The fraction of sp³-hybridized carbons (Fsp3) is 0.900. The monoisotopic (exact) mass is 511 g/mol. The minimum absolute atomic E-state index is 0. The Morgan fingerprint density at radius 3 is 2.14 bits per heavy atom. The van der Waals surface area contributed by atoms with Gasteiger partial charge < -0.3 is 20.7 Å². The van der Waals surface area contributed by atoms with Crippen LogP contribution in [0, 0.1) is 11.3 Å². The van der Waals surface area contributed by atoms with Crippen LogP contribution in [-0.4, -0.2) is 75.8 Å². The summed E-state index contributed by atoms with van der Waals surface area (Å²) in [6, 6.07) is 0.475. The lowest BCUT2D eigenvalue weighted by molar-refractivity contribution is -0.128. The van der Waals surface area contributed by atoms with Crippen LogP contribution in [0.5, 0.6) is 0 Å². The van der Waals surface area contributed by atoms with Crippen LogP contribution in [0.1, 0.15) is 47.5 Å². The zero-order chi connectivity index (χ0) is 20.3. The summed E-state index contributed by atoms with van der Waals surface area (Å²) in [5, 5.41) is 9.72. The second-order valence-corrected chi connectivity index (χ2v) is 8.18. The van der Waals surface area contributed by atoms with Crippen molar-refractivity contribution in [3.63, 3.8) is 0 Å².